The predicted molar refractivity (Wildman–Crippen MR) is 152 cm³/mol. The molecule has 3 atom stereocenters. The van der Waals surface area contributed by atoms with Gasteiger partial charge in [-0.1, -0.05) is 41.6 Å². The first-order valence-electron chi connectivity index (χ1n) is 13.4. The van der Waals surface area contributed by atoms with Gasteiger partial charge in [0.15, 0.2) is 17.8 Å². The molecule has 6 rings (SSSR count). The standard InChI is InChI=1S/C30H28FN3O8S/c1-38-20-14-25-40-17-30(15-20,42-25)26-22(31)8-5-9-24(26)39-16-23(34-35)29-33-27(18-6-3-2-4-7-18)28(41-29)19-10-12-21(13-11-19)43(32,36)37/h2-13,20,25,35H,14-17H2,1H3,(H2,32,36,37)/b34-23-/t20-,25-,30-/m1/s1. The van der Waals surface area contributed by atoms with Crippen molar-refractivity contribution in [2.75, 3.05) is 20.3 Å². The van der Waals surface area contributed by atoms with Crippen LogP contribution >= 0.6 is 0 Å². The van der Waals surface area contributed by atoms with E-state index in [2.05, 4.69) is 10.1 Å². The summed E-state index contributed by atoms with van der Waals surface area (Å²) < 4.78 is 68.4. The molecule has 2 aliphatic heterocycles. The number of ether oxygens (including phenoxy) is 4. The Labute approximate surface area is 246 Å². The number of fused-ring (bicyclic) bond motifs is 2. The highest BCUT2D eigenvalue weighted by molar-refractivity contribution is 7.89. The lowest BCUT2D eigenvalue weighted by atomic mass is 9.85. The van der Waals surface area contributed by atoms with E-state index in [1.54, 1.807) is 13.2 Å². The summed E-state index contributed by atoms with van der Waals surface area (Å²) in [6.07, 6.45) is 0.184. The predicted octanol–water partition coefficient (Wildman–Crippen LogP) is 4.43. The Morgan fingerprint density at radius 1 is 1.12 bits per heavy atom. The maximum absolute atomic E-state index is 15.4. The molecule has 43 heavy (non-hydrogen) atoms. The summed E-state index contributed by atoms with van der Waals surface area (Å²) in [6.45, 7) is -0.205. The van der Waals surface area contributed by atoms with Crippen LogP contribution in [0.1, 0.15) is 24.3 Å². The number of primary sulfonamides is 1. The number of halogens is 1. The van der Waals surface area contributed by atoms with Crippen LogP contribution in [0.3, 0.4) is 0 Å². The number of rotatable bonds is 9. The summed E-state index contributed by atoms with van der Waals surface area (Å²) in [5.41, 5.74) is 0.626. The zero-order chi connectivity index (χ0) is 30.2. The Kier molecular flexibility index (Phi) is 7.75. The van der Waals surface area contributed by atoms with E-state index < -0.39 is 27.7 Å². The maximum atomic E-state index is 15.4. The Morgan fingerprint density at radius 3 is 2.58 bits per heavy atom. The van der Waals surface area contributed by atoms with Crippen LogP contribution in [0.4, 0.5) is 4.39 Å². The lowest BCUT2D eigenvalue weighted by molar-refractivity contribution is -0.163. The van der Waals surface area contributed by atoms with Crippen LogP contribution in [0.25, 0.3) is 22.6 Å². The quantitative estimate of drug-likeness (QED) is 0.159. The molecule has 4 aromatic rings. The fourth-order valence-corrected chi connectivity index (χ4v) is 5.94. The van der Waals surface area contributed by atoms with Gasteiger partial charge < -0.3 is 28.6 Å². The van der Waals surface area contributed by atoms with Gasteiger partial charge in [0.05, 0.1) is 23.2 Å². The van der Waals surface area contributed by atoms with Gasteiger partial charge in [-0.25, -0.2) is 22.9 Å². The zero-order valence-corrected chi connectivity index (χ0v) is 23.8. The molecular formula is C30H28FN3O8S. The van der Waals surface area contributed by atoms with Crippen molar-refractivity contribution in [3.05, 3.63) is 90.1 Å². The molecule has 2 fully saturated rings. The molecule has 0 unspecified atom stereocenters. The molecule has 0 spiro atoms. The van der Waals surface area contributed by atoms with Crippen molar-refractivity contribution in [2.24, 2.45) is 10.3 Å². The molecule has 0 radical (unpaired) electrons. The number of oxime groups is 1. The van der Waals surface area contributed by atoms with Crippen molar-refractivity contribution >= 4 is 15.7 Å². The molecule has 13 heteroatoms. The summed E-state index contributed by atoms with van der Waals surface area (Å²) in [5.74, 6) is -0.117. The Hall–Kier alpha value is -4.14. The highest BCUT2D eigenvalue weighted by Gasteiger charge is 2.52. The van der Waals surface area contributed by atoms with Crippen LogP contribution in [-0.2, 0) is 29.8 Å². The van der Waals surface area contributed by atoms with E-state index >= 15 is 4.39 Å². The van der Waals surface area contributed by atoms with Gasteiger partial charge in [-0.2, -0.15) is 0 Å². The third kappa shape index (κ3) is 5.65. The van der Waals surface area contributed by atoms with Gasteiger partial charge >= 0.3 is 0 Å². The molecule has 3 heterocycles. The number of hydrogen-bond acceptors (Lipinski definition) is 10. The van der Waals surface area contributed by atoms with Gasteiger partial charge in [-0.15, -0.1) is 0 Å². The molecule has 3 N–H and O–H groups in total. The van der Waals surface area contributed by atoms with Crippen LogP contribution < -0.4 is 9.88 Å². The SMILES string of the molecule is CO[C@@H]1C[C@@H]2OC[C@@](c3c(F)cccc3OC/C(=N/O)c3nc(-c4ccccc4)c(-c4ccc(S(N)(=O)=O)cc4)o3)(C1)O2. The van der Waals surface area contributed by atoms with Gasteiger partial charge in [0.2, 0.25) is 15.9 Å². The topological polar surface area (TPSA) is 156 Å². The minimum absolute atomic E-state index is 0.0550. The monoisotopic (exact) mass is 609 g/mol. The fraction of sp³-hybridized carbons (Fsp3) is 0.267. The smallest absolute Gasteiger partial charge is 0.249 e. The van der Waals surface area contributed by atoms with E-state index in [1.165, 1.54) is 36.4 Å². The molecule has 2 saturated heterocycles. The molecule has 0 saturated carbocycles. The Morgan fingerprint density at radius 2 is 1.88 bits per heavy atom. The molecule has 2 aliphatic rings. The van der Waals surface area contributed by atoms with Crippen LogP contribution in [-0.4, -0.2) is 57.0 Å². The van der Waals surface area contributed by atoms with Crippen LogP contribution in [0.5, 0.6) is 5.75 Å². The average molecular weight is 610 g/mol. The number of nitrogens with two attached hydrogens (primary N) is 1. The summed E-state index contributed by atoms with van der Waals surface area (Å²) in [6, 6.07) is 19.3. The van der Waals surface area contributed by atoms with Gasteiger partial charge in [0.25, 0.3) is 0 Å². The summed E-state index contributed by atoms with van der Waals surface area (Å²) in [5, 5.41) is 18.6. The van der Waals surface area contributed by atoms with Crippen molar-refractivity contribution < 1.29 is 41.4 Å². The van der Waals surface area contributed by atoms with Crippen molar-refractivity contribution in [2.45, 2.75) is 35.7 Å². The Bertz CT molecular complexity index is 1760. The molecule has 3 aromatic carbocycles. The summed E-state index contributed by atoms with van der Waals surface area (Å²) in [7, 11) is -2.31. The lowest BCUT2D eigenvalue weighted by Crippen LogP contribution is -2.40. The minimum atomic E-state index is -3.90. The third-order valence-corrected chi connectivity index (χ3v) is 8.42. The lowest BCUT2D eigenvalue weighted by Gasteiger charge is -2.36. The molecule has 1 aromatic heterocycles. The second-order valence-corrected chi connectivity index (χ2v) is 11.8. The fourth-order valence-electron chi connectivity index (χ4n) is 5.42. The van der Waals surface area contributed by atoms with Gasteiger partial charge in [-0.05, 0) is 36.4 Å². The van der Waals surface area contributed by atoms with E-state index in [4.69, 9.17) is 28.5 Å². The molecule has 2 bridgehead atoms. The molecular weight excluding hydrogens is 581 g/mol. The van der Waals surface area contributed by atoms with Crippen molar-refractivity contribution in [1.29, 1.82) is 0 Å². The van der Waals surface area contributed by atoms with Gasteiger partial charge in [0.1, 0.15) is 29.5 Å². The van der Waals surface area contributed by atoms with Gasteiger partial charge in [0, 0.05) is 31.1 Å². The van der Waals surface area contributed by atoms with E-state index in [0.717, 1.165) is 0 Å². The largest absolute Gasteiger partial charge is 0.486 e. The Balaban J connectivity index is 1.33. The minimum Gasteiger partial charge on any atom is -0.486 e. The van der Waals surface area contributed by atoms with E-state index in [0.29, 0.717) is 35.4 Å². The molecule has 11 nitrogen and oxygen atoms in total. The average Bonchev–Trinajstić information content (AvgIpc) is 3.58. The normalized spacial score (nSPS) is 22.1. The number of methoxy groups -OCH3 is 1. The van der Waals surface area contributed by atoms with E-state index in [9.17, 15) is 13.6 Å². The number of nitrogens with zero attached hydrogens (tertiary/aromatic N) is 2. The molecule has 0 aliphatic carbocycles. The second kappa shape index (κ2) is 11.5. The van der Waals surface area contributed by atoms with E-state index in [-0.39, 0.29) is 47.1 Å². The highest BCUT2D eigenvalue weighted by atomic mass is 32.2. The van der Waals surface area contributed by atoms with Crippen LogP contribution in [0, 0.1) is 5.82 Å². The van der Waals surface area contributed by atoms with Gasteiger partial charge in [-0.3, -0.25) is 0 Å². The zero-order valence-electron chi connectivity index (χ0n) is 23.0. The van der Waals surface area contributed by atoms with E-state index in [1.807, 2.05) is 30.3 Å². The van der Waals surface area contributed by atoms with Crippen molar-refractivity contribution in [3.8, 4) is 28.3 Å². The number of sulfonamides is 1. The number of hydrogen-bond donors (Lipinski definition) is 2. The summed E-state index contributed by atoms with van der Waals surface area (Å²) in [4.78, 5) is 4.52. The molecule has 224 valence electrons. The maximum Gasteiger partial charge on any atom is 0.249 e. The van der Waals surface area contributed by atoms with Crippen LogP contribution in [0.15, 0.2) is 87.3 Å². The summed E-state index contributed by atoms with van der Waals surface area (Å²) >= 11 is 0. The second-order valence-electron chi connectivity index (χ2n) is 10.2. The first-order valence-corrected chi connectivity index (χ1v) is 14.9. The number of aromatic nitrogens is 1. The third-order valence-electron chi connectivity index (χ3n) is 7.49. The number of benzene rings is 3. The first kappa shape index (κ1) is 29.0. The van der Waals surface area contributed by atoms with Crippen molar-refractivity contribution in [1.82, 2.24) is 4.98 Å². The molecule has 0 amide bonds. The first-order chi connectivity index (χ1) is 20.7. The van der Waals surface area contributed by atoms with Crippen LogP contribution in [0.2, 0.25) is 0 Å². The number of oxazole rings is 1. The van der Waals surface area contributed by atoms with Crippen molar-refractivity contribution in [3.63, 3.8) is 0 Å². The highest BCUT2D eigenvalue weighted by Crippen LogP contribution is 2.48.